The molecule has 1 aliphatic carbocycles. The smallest absolute Gasteiger partial charge is 0.341 e. The van der Waals surface area contributed by atoms with Crippen molar-refractivity contribution in [2.75, 3.05) is 25.5 Å². The third-order valence-corrected chi connectivity index (χ3v) is 4.14. The maximum absolute atomic E-state index is 11.3. The van der Waals surface area contributed by atoms with E-state index >= 15 is 0 Å². The highest BCUT2D eigenvalue weighted by Gasteiger charge is 2.21. The van der Waals surface area contributed by atoms with Gasteiger partial charge in [0.25, 0.3) is 0 Å². The van der Waals surface area contributed by atoms with Crippen LogP contribution in [0, 0.1) is 6.92 Å². The quantitative estimate of drug-likeness (QED) is 0.830. The number of nitrogens with one attached hydrogen (secondary N) is 1. The molecular formula is C14H24N4O2. The monoisotopic (exact) mass is 280 g/mol. The first-order chi connectivity index (χ1) is 9.50. The molecule has 6 heteroatoms. The molecule has 0 atom stereocenters. The van der Waals surface area contributed by atoms with Gasteiger partial charge in [0, 0.05) is 26.2 Å². The molecule has 1 saturated carbocycles. The zero-order valence-electron chi connectivity index (χ0n) is 12.5. The van der Waals surface area contributed by atoms with Gasteiger partial charge in [-0.25, -0.2) is 4.79 Å². The topological polar surface area (TPSA) is 70.4 Å². The van der Waals surface area contributed by atoms with Gasteiger partial charge in [0.15, 0.2) is 0 Å². The molecule has 2 rings (SSSR count). The Morgan fingerprint density at radius 2 is 2.15 bits per heavy atom. The van der Waals surface area contributed by atoms with Gasteiger partial charge < -0.3 is 15.3 Å². The van der Waals surface area contributed by atoms with Gasteiger partial charge >= 0.3 is 5.97 Å². The molecule has 0 aromatic carbocycles. The summed E-state index contributed by atoms with van der Waals surface area (Å²) < 4.78 is 1.61. The standard InChI is InChI=1S/C14H24N4O2/c1-10-12(14(19)20)13(18(3)16-10)15-8-9-17(2)11-6-4-5-7-11/h11,15H,4-9H2,1-3H3,(H,19,20). The fraction of sp³-hybridized carbons (Fsp3) is 0.714. The van der Waals surface area contributed by atoms with E-state index in [4.69, 9.17) is 0 Å². The highest BCUT2D eigenvalue weighted by Crippen LogP contribution is 2.22. The molecule has 1 aromatic heterocycles. The van der Waals surface area contributed by atoms with Crippen LogP contribution in [0.4, 0.5) is 5.82 Å². The Morgan fingerprint density at radius 1 is 1.50 bits per heavy atom. The van der Waals surface area contributed by atoms with E-state index in [-0.39, 0.29) is 5.56 Å². The SMILES string of the molecule is Cc1nn(C)c(NCCN(C)C2CCCC2)c1C(=O)O. The Bertz CT molecular complexity index is 478. The van der Waals surface area contributed by atoms with Crippen molar-refractivity contribution in [3.63, 3.8) is 0 Å². The number of nitrogens with zero attached hydrogens (tertiary/aromatic N) is 3. The molecule has 112 valence electrons. The minimum Gasteiger partial charge on any atom is -0.477 e. The van der Waals surface area contributed by atoms with E-state index in [0.717, 1.165) is 13.1 Å². The van der Waals surface area contributed by atoms with Crippen LogP contribution >= 0.6 is 0 Å². The van der Waals surface area contributed by atoms with Gasteiger partial charge in [-0.3, -0.25) is 4.68 Å². The number of hydrogen-bond acceptors (Lipinski definition) is 4. The molecule has 0 spiro atoms. The Balaban J connectivity index is 1.92. The van der Waals surface area contributed by atoms with E-state index in [1.807, 2.05) is 0 Å². The average molecular weight is 280 g/mol. The molecule has 1 heterocycles. The summed E-state index contributed by atoms with van der Waals surface area (Å²) in [5.41, 5.74) is 0.822. The molecule has 6 nitrogen and oxygen atoms in total. The van der Waals surface area contributed by atoms with E-state index in [2.05, 4.69) is 22.4 Å². The molecule has 0 unspecified atom stereocenters. The third-order valence-electron chi connectivity index (χ3n) is 4.14. The molecule has 0 amide bonds. The number of likely N-dealkylation sites (N-methyl/N-ethyl adjacent to an activating group) is 1. The van der Waals surface area contributed by atoms with E-state index in [9.17, 15) is 9.90 Å². The minimum atomic E-state index is -0.928. The number of carboxylic acid groups (broad SMARTS) is 1. The van der Waals surface area contributed by atoms with E-state index < -0.39 is 5.97 Å². The number of aryl methyl sites for hydroxylation is 2. The summed E-state index contributed by atoms with van der Waals surface area (Å²) in [6.07, 6.45) is 5.21. The summed E-state index contributed by atoms with van der Waals surface area (Å²) >= 11 is 0. The molecule has 0 aliphatic heterocycles. The highest BCUT2D eigenvalue weighted by molar-refractivity contribution is 5.94. The van der Waals surface area contributed by atoms with Crippen LogP contribution in [0.2, 0.25) is 0 Å². The predicted molar refractivity (Wildman–Crippen MR) is 78.3 cm³/mol. The van der Waals surface area contributed by atoms with Gasteiger partial charge in [-0.05, 0) is 26.8 Å². The lowest BCUT2D eigenvalue weighted by atomic mass is 10.2. The summed E-state index contributed by atoms with van der Waals surface area (Å²) in [7, 11) is 3.91. The Kier molecular flexibility index (Phi) is 4.65. The van der Waals surface area contributed by atoms with Crippen molar-refractivity contribution in [3.8, 4) is 0 Å². The van der Waals surface area contributed by atoms with Crippen molar-refractivity contribution in [2.24, 2.45) is 7.05 Å². The number of aromatic carboxylic acids is 1. The Morgan fingerprint density at radius 3 is 2.75 bits per heavy atom. The first-order valence-electron chi connectivity index (χ1n) is 7.21. The Labute approximate surface area is 119 Å². The average Bonchev–Trinajstić information content (AvgIpc) is 2.98. The summed E-state index contributed by atoms with van der Waals surface area (Å²) in [6.45, 7) is 3.36. The summed E-state index contributed by atoms with van der Waals surface area (Å²) in [5.74, 6) is -0.336. The maximum atomic E-state index is 11.3. The Hall–Kier alpha value is -1.56. The van der Waals surface area contributed by atoms with Crippen LogP contribution in [0.3, 0.4) is 0 Å². The number of carboxylic acids is 1. The van der Waals surface area contributed by atoms with Gasteiger partial charge in [0.1, 0.15) is 11.4 Å². The summed E-state index contributed by atoms with van der Waals surface area (Å²) in [5, 5.41) is 16.6. The number of hydrogen-bond donors (Lipinski definition) is 2. The summed E-state index contributed by atoms with van der Waals surface area (Å²) in [4.78, 5) is 13.6. The van der Waals surface area contributed by atoms with E-state index in [0.29, 0.717) is 17.6 Å². The predicted octanol–water partition coefficient (Wildman–Crippen LogP) is 1.71. The molecule has 0 radical (unpaired) electrons. The molecule has 0 bridgehead atoms. The lowest BCUT2D eigenvalue weighted by Crippen LogP contribution is -2.33. The van der Waals surface area contributed by atoms with Gasteiger partial charge in [-0.1, -0.05) is 12.8 Å². The van der Waals surface area contributed by atoms with Crippen LogP contribution < -0.4 is 5.32 Å². The third kappa shape index (κ3) is 3.12. The van der Waals surface area contributed by atoms with Crippen LogP contribution in [0.25, 0.3) is 0 Å². The van der Waals surface area contributed by atoms with Crippen LogP contribution in [0.5, 0.6) is 0 Å². The van der Waals surface area contributed by atoms with Crippen molar-refractivity contribution in [1.82, 2.24) is 14.7 Å². The van der Waals surface area contributed by atoms with Crippen LogP contribution in [0.1, 0.15) is 41.7 Å². The van der Waals surface area contributed by atoms with Gasteiger partial charge in [-0.15, -0.1) is 0 Å². The van der Waals surface area contributed by atoms with E-state index in [1.54, 1.807) is 18.7 Å². The number of rotatable bonds is 6. The fourth-order valence-corrected chi connectivity index (χ4v) is 3.00. The maximum Gasteiger partial charge on any atom is 0.341 e. The second kappa shape index (κ2) is 6.26. The largest absolute Gasteiger partial charge is 0.477 e. The highest BCUT2D eigenvalue weighted by atomic mass is 16.4. The zero-order valence-corrected chi connectivity index (χ0v) is 12.5. The second-order valence-electron chi connectivity index (χ2n) is 5.58. The summed E-state index contributed by atoms with van der Waals surface area (Å²) in [6, 6.07) is 0.684. The molecule has 0 saturated heterocycles. The first-order valence-corrected chi connectivity index (χ1v) is 7.21. The van der Waals surface area contributed by atoms with Crippen molar-refractivity contribution >= 4 is 11.8 Å². The van der Waals surface area contributed by atoms with Gasteiger partial charge in [0.05, 0.1) is 5.69 Å². The molecule has 1 fully saturated rings. The minimum absolute atomic E-state index is 0.274. The van der Waals surface area contributed by atoms with Gasteiger partial charge in [0.2, 0.25) is 0 Å². The lowest BCUT2D eigenvalue weighted by molar-refractivity contribution is 0.0697. The molecule has 1 aromatic rings. The van der Waals surface area contributed by atoms with Crippen molar-refractivity contribution in [1.29, 1.82) is 0 Å². The number of carbonyl (C=O) groups is 1. The van der Waals surface area contributed by atoms with Crippen LogP contribution in [-0.4, -0.2) is 51.9 Å². The second-order valence-corrected chi connectivity index (χ2v) is 5.58. The molecule has 2 N–H and O–H groups in total. The van der Waals surface area contributed by atoms with Crippen LogP contribution in [0.15, 0.2) is 0 Å². The molecule has 1 aliphatic rings. The molecule has 20 heavy (non-hydrogen) atoms. The normalized spacial score (nSPS) is 16.0. The van der Waals surface area contributed by atoms with Crippen LogP contribution in [-0.2, 0) is 7.05 Å². The number of anilines is 1. The number of aromatic nitrogens is 2. The fourth-order valence-electron chi connectivity index (χ4n) is 3.00. The molecular weight excluding hydrogens is 256 g/mol. The van der Waals surface area contributed by atoms with Crippen molar-refractivity contribution in [3.05, 3.63) is 11.3 Å². The zero-order chi connectivity index (χ0) is 14.7. The lowest BCUT2D eigenvalue weighted by Gasteiger charge is -2.24. The van der Waals surface area contributed by atoms with Crippen molar-refractivity contribution in [2.45, 2.75) is 38.6 Å². The van der Waals surface area contributed by atoms with Crippen molar-refractivity contribution < 1.29 is 9.90 Å². The van der Waals surface area contributed by atoms with Gasteiger partial charge in [-0.2, -0.15) is 5.10 Å². The first kappa shape index (κ1) is 14.8. The van der Waals surface area contributed by atoms with E-state index in [1.165, 1.54) is 25.7 Å².